The van der Waals surface area contributed by atoms with Gasteiger partial charge in [0.1, 0.15) is 22.6 Å². The summed E-state index contributed by atoms with van der Waals surface area (Å²) in [5.74, 6) is -1.18. The van der Waals surface area contributed by atoms with Crippen molar-refractivity contribution in [2.75, 3.05) is 6.61 Å². The van der Waals surface area contributed by atoms with Crippen molar-refractivity contribution >= 4 is 28.5 Å². The Balaban J connectivity index is 2.27. The molecule has 1 atom stereocenters. The van der Waals surface area contributed by atoms with Gasteiger partial charge >= 0.3 is 5.97 Å². The summed E-state index contributed by atoms with van der Waals surface area (Å²) in [6.45, 7) is 5.46. The summed E-state index contributed by atoms with van der Waals surface area (Å²) >= 11 is 6.44. The molecule has 2 aromatic rings. The smallest absolute Gasteiger partial charge is 0.338 e. The minimum Gasteiger partial charge on any atom is -0.463 e. The van der Waals surface area contributed by atoms with Crippen molar-refractivity contribution in [1.29, 1.82) is 5.26 Å². The fraction of sp³-hybridized carbons (Fsp3) is 0.250. The van der Waals surface area contributed by atoms with Gasteiger partial charge in [0.25, 0.3) is 0 Å². The summed E-state index contributed by atoms with van der Waals surface area (Å²) in [5.41, 5.74) is 8.48. The van der Waals surface area contributed by atoms with Crippen LogP contribution in [0.25, 0.3) is 10.9 Å². The van der Waals surface area contributed by atoms with Crippen molar-refractivity contribution in [3.05, 3.63) is 63.3 Å². The number of rotatable bonds is 3. The second-order valence-corrected chi connectivity index (χ2v) is 6.54. The molecule has 3 rings (SSSR count). The lowest BCUT2D eigenvalue weighted by Gasteiger charge is -2.27. The monoisotopic (exact) mass is 383 g/mol. The number of nitrogens with two attached hydrogens (primary N) is 1. The first-order chi connectivity index (χ1) is 12.9. The number of nitriles is 1. The number of esters is 1. The normalized spacial score (nSPS) is 16.9. The highest BCUT2D eigenvalue weighted by atomic mass is 35.5. The van der Waals surface area contributed by atoms with Crippen molar-refractivity contribution in [3.63, 3.8) is 0 Å². The van der Waals surface area contributed by atoms with E-state index in [1.165, 1.54) is 0 Å². The molecule has 1 unspecified atom stereocenters. The number of halogens is 1. The lowest BCUT2D eigenvalue weighted by Crippen LogP contribution is -2.25. The third kappa shape index (κ3) is 3.34. The first-order valence-corrected chi connectivity index (χ1v) is 8.77. The number of allylic oxidation sites excluding steroid dienone is 2. The minimum absolute atomic E-state index is 0.0616. The van der Waals surface area contributed by atoms with Crippen molar-refractivity contribution in [3.8, 4) is 6.07 Å². The van der Waals surface area contributed by atoms with Gasteiger partial charge in [-0.3, -0.25) is 0 Å². The number of hydrogen-bond donors (Lipinski definition) is 1. The fourth-order valence-electron chi connectivity index (χ4n) is 3.16. The molecule has 0 spiro atoms. The zero-order valence-electron chi connectivity index (χ0n) is 15.2. The van der Waals surface area contributed by atoms with E-state index >= 15 is 0 Å². The van der Waals surface area contributed by atoms with E-state index in [2.05, 4.69) is 4.98 Å². The number of benzene rings is 1. The first kappa shape index (κ1) is 18.7. The molecule has 0 bridgehead atoms. The summed E-state index contributed by atoms with van der Waals surface area (Å²) < 4.78 is 10.6. The van der Waals surface area contributed by atoms with Crippen LogP contribution in [0.15, 0.2) is 47.1 Å². The molecule has 2 N–H and O–H groups in total. The van der Waals surface area contributed by atoms with Gasteiger partial charge in [-0.1, -0.05) is 23.2 Å². The number of hydrogen-bond acceptors (Lipinski definition) is 6. The van der Waals surface area contributed by atoms with Gasteiger partial charge in [0, 0.05) is 10.9 Å². The van der Waals surface area contributed by atoms with Crippen LogP contribution in [-0.2, 0) is 14.3 Å². The van der Waals surface area contributed by atoms with E-state index in [9.17, 15) is 10.1 Å². The topological polar surface area (TPSA) is 98.2 Å². The Bertz CT molecular complexity index is 1050. The quantitative estimate of drug-likeness (QED) is 0.638. The lowest BCUT2D eigenvalue weighted by molar-refractivity contribution is -0.139. The summed E-state index contributed by atoms with van der Waals surface area (Å²) in [4.78, 5) is 17.0. The van der Waals surface area contributed by atoms with Crippen molar-refractivity contribution in [2.24, 2.45) is 5.73 Å². The van der Waals surface area contributed by atoms with Crippen LogP contribution in [0, 0.1) is 18.3 Å². The summed E-state index contributed by atoms with van der Waals surface area (Å²) in [5, 5.41) is 10.7. The maximum atomic E-state index is 12.6. The predicted octanol–water partition coefficient (Wildman–Crippen LogP) is 3.84. The summed E-state index contributed by atoms with van der Waals surface area (Å²) in [7, 11) is 0. The molecule has 0 saturated carbocycles. The number of fused-ring (bicyclic) bond motifs is 1. The second-order valence-electron chi connectivity index (χ2n) is 6.18. The molecule has 1 aliphatic rings. The fourth-order valence-corrected chi connectivity index (χ4v) is 3.41. The Kier molecular flexibility index (Phi) is 5.06. The molecule has 0 aliphatic carbocycles. The Hall–Kier alpha value is -3.04. The third-order valence-electron chi connectivity index (χ3n) is 4.36. The standard InChI is InChI=1S/C20H18ClN3O3/c1-4-26-20(25)16-11(3)27-19(23)14(9-22)17(16)13-8-12-7-10(2)5-6-15(12)24-18(13)21/h5-8,17H,4,23H2,1-3H3. The highest BCUT2D eigenvalue weighted by Gasteiger charge is 2.37. The molecule has 0 saturated heterocycles. The molecule has 7 heteroatoms. The van der Waals surface area contributed by atoms with E-state index in [1.54, 1.807) is 13.8 Å². The number of aromatic nitrogens is 1. The van der Waals surface area contributed by atoms with Crippen LogP contribution in [0.3, 0.4) is 0 Å². The maximum absolute atomic E-state index is 12.6. The highest BCUT2D eigenvalue weighted by molar-refractivity contribution is 6.30. The molecule has 6 nitrogen and oxygen atoms in total. The van der Waals surface area contributed by atoms with Gasteiger partial charge in [-0.15, -0.1) is 0 Å². The average molecular weight is 384 g/mol. The van der Waals surface area contributed by atoms with Crippen LogP contribution in [0.5, 0.6) is 0 Å². The van der Waals surface area contributed by atoms with E-state index < -0.39 is 11.9 Å². The SMILES string of the molecule is CCOC(=O)C1=C(C)OC(N)=C(C#N)C1c1cc2cc(C)ccc2nc1Cl. The lowest BCUT2D eigenvalue weighted by atomic mass is 9.83. The van der Waals surface area contributed by atoms with E-state index in [1.807, 2.05) is 37.3 Å². The van der Waals surface area contributed by atoms with Crippen LogP contribution < -0.4 is 5.73 Å². The number of nitrogens with zero attached hydrogens (tertiary/aromatic N) is 2. The van der Waals surface area contributed by atoms with E-state index in [0.29, 0.717) is 5.56 Å². The molecule has 0 amide bonds. The third-order valence-corrected chi connectivity index (χ3v) is 4.67. The first-order valence-electron chi connectivity index (χ1n) is 8.39. The molecule has 1 aromatic heterocycles. The van der Waals surface area contributed by atoms with Crippen molar-refractivity contribution < 1.29 is 14.3 Å². The molecule has 2 heterocycles. The maximum Gasteiger partial charge on any atom is 0.338 e. The number of aryl methyl sites for hydroxylation is 1. The van der Waals surface area contributed by atoms with E-state index in [4.69, 9.17) is 26.8 Å². The molecule has 1 aliphatic heterocycles. The van der Waals surface area contributed by atoms with Gasteiger partial charge in [0.05, 0.1) is 23.6 Å². The van der Waals surface area contributed by atoms with Gasteiger partial charge in [-0.25, -0.2) is 9.78 Å². The van der Waals surface area contributed by atoms with E-state index in [-0.39, 0.29) is 34.5 Å². The zero-order chi connectivity index (χ0) is 19.7. The van der Waals surface area contributed by atoms with Gasteiger partial charge in [-0.2, -0.15) is 5.26 Å². The molecule has 1 aromatic carbocycles. The molecular formula is C20H18ClN3O3. The summed E-state index contributed by atoms with van der Waals surface area (Å²) in [6.07, 6.45) is 0. The van der Waals surface area contributed by atoms with Gasteiger partial charge < -0.3 is 15.2 Å². The van der Waals surface area contributed by atoms with Gasteiger partial charge in [0.15, 0.2) is 0 Å². The van der Waals surface area contributed by atoms with Crippen LogP contribution in [0.2, 0.25) is 5.15 Å². The van der Waals surface area contributed by atoms with Crippen LogP contribution in [0.1, 0.15) is 30.9 Å². The molecule has 0 fully saturated rings. The number of pyridine rings is 1. The van der Waals surface area contributed by atoms with Crippen LogP contribution in [0.4, 0.5) is 0 Å². The average Bonchev–Trinajstić information content (AvgIpc) is 2.61. The van der Waals surface area contributed by atoms with Gasteiger partial charge in [-0.05, 0) is 39.0 Å². The Labute approximate surface area is 161 Å². The van der Waals surface area contributed by atoms with Crippen LogP contribution in [-0.4, -0.2) is 17.6 Å². The second kappa shape index (κ2) is 7.29. The number of ether oxygens (including phenoxy) is 2. The predicted molar refractivity (Wildman–Crippen MR) is 101 cm³/mol. The Morgan fingerprint density at radius 1 is 1.41 bits per heavy atom. The largest absolute Gasteiger partial charge is 0.463 e. The highest BCUT2D eigenvalue weighted by Crippen LogP contribution is 2.42. The Morgan fingerprint density at radius 3 is 2.81 bits per heavy atom. The minimum atomic E-state index is -0.812. The molecule has 27 heavy (non-hydrogen) atoms. The van der Waals surface area contributed by atoms with Gasteiger partial charge in [0.2, 0.25) is 5.88 Å². The number of carbonyl (C=O) groups is 1. The van der Waals surface area contributed by atoms with Crippen molar-refractivity contribution in [2.45, 2.75) is 26.7 Å². The number of carbonyl (C=O) groups excluding carboxylic acids is 1. The summed E-state index contributed by atoms with van der Waals surface area (Å²) in [6, 6.07) is 9.63. The van der Waals surface area contributed by atoms with Crippen molar-refractivity contribution in [1.82, 2.24) is 4.98 Å². The molecule has 138 valence electrons. The molecular weight excluding hydrogens is 366 g/mol. The Morgan fingerprint density at radius 2 is 2.15 bits per heavy atom. The zero-order valence-corrected chi connectivity index (χ0v) is 15.9. The van der Waals surface area contributed by atoms with E-state index in [0.717, 1.165) is 16.5 Å². The van der Waals surface area contributed by atoms with Crippen LogP contribution >= 0.6 is 11.6 Å². The molecule has 0 radical (unpaired) electrons.